The van der Waals surface area contributed by atoms with Gasteiger partial charge in [-0.2, -0.15) is 0 Å². The van der Waals surface area contributed by atoms with Crippen LogP contribution in [-0.2, 0) is 22.9 Å². The van der Waals surface area contributed by atoms with Crippen LogP contribution in [0.2, 0.25) is 0 Å². The Kier molecular flexibility index (Phi) is 7.28. The third kappa shape index (κ3) is 6.34. The van der Waals surface area contributed by atoms with E-state index in [-0.39, 0.29) is 5.75 Å². The van der Waals surface area contributed by atoms with Crippen LogP contribution in [0.5, 0.6) is 5.75 Å². The first-order chi connectivity index (χ1) is 11.6. The van der Waals surface area contributed by atoms with Crippen LogP contribution in [0.3, 0.4) is 0 Å². The van der Waals surface area contributed by atoms with Crippen molar-refractivity contribution in [1.29, 1.82) is 0 Å². The molecule has 2 aromatic carbocycles. The minimum Gasteiger partial charge on any atom is -0.496 e. The van der Waals surface area contributed by atoms with E-state index in [0.29, 0.717) is 13.0 Å². The van der Waals surface area contributed by atoms with Gasteiger partial charge in [0.25, 0.3) is 0 Å². The third-order valence-electron chi connectivity index (χ3n) is 3.89. The van der Waals surface area contributed by atoms with Crippen molar-refractivity contribution in [2.45, 2.75) is 25.7 Å². The Labute approximate surface area is 144 Å². The summed E-state index contributed by atoms with van der Waals surface area (Å²) in [6.07, 6.45) is 3.15. The molecular weight excluding hydrogens is 322 g/mol. The number of ether oxygens (including phenoxy) is 1. The Balaban J connectivity index is 1.67. The van der Waals surface area contributed by atoms with E-state index in [2.05, 4.69) is 4.72 Å². The summed E-state index contributed by atoms with van der Waals surface area (Å²) in [6.45, 7) is 0.478. The van der Waals surface area contributed by atoms with E-state index in [9.17, 15) is 8.42 Å². The van der Waals surface area contributed by atoms with E-state index < -0.39 is 10.0 Å². The number of sulfonamides is 1. The molecule has 0 saturated carbocycles. The largest absolute Gasteiger partial charge is 0.496 e. The molecule has 1 N–H and O–H groups in total. The Morgan fingerprint density at radius 2 is 1.62 bits per heavy atom. The van der Waals surface area contributed by atoms with Crippen molar-refractivity contribution in [1.82, 2.24) is 4.72 Å². The van der Waals surface area contributed by atoms with Gasteiger partial charge in [-0.05, 0) is 42.9 Å². The molecule has 0 saturated heterocycles. The molecule has 0 bridgehead atoms. The summed E-state index contributed by atoms with van der Waals surface area (Å²) < 4.78 is 32.0. The third-order valence-corrected chi connectivity index (χ3v) is 5.28. The summed E-state index contributed by atoms with van der Waals surface area (Å²) in [7, 11) is -1.55. The maximum Gasteiger partial charge on any atom is 0.211 e. The smallest absolute Gasteiger partial charge is 0.211 e. The van der Waals surface area contributed by atoms with Gasteiger partial charge in [-0.3, -0.25) is 0 Å². The zero-order valence-corrected chi connectivity index (χ0v) is 14.9. The lowest BCUT2D eigenvalue weighted by Crippen LogP contribution is -2.28. The normalized spacial score (nSPS) is 11.4. The number of hydrogen-bond donors (Lipinski definition) is 1. The zero-order chi connectivity index (χ0) is 17.3. The molecule has 0 radical (unpaired) electrons. The lowest BCUT2D eigenvalue weighted by atomic mass is 10.1. The van der Waals surface area contributed by atoms with Crippen LogP contribution in [-0.4, -0.2) is 27.8 Å². The molecule has 0 amide bonds. The van der Waals surface area contributed by atoms with Gasteiger partial charge in [0.15, 0.2) is 0 Å². The molecule has 24 heavy (non-hydrogen) atoms. The molecule has 0 heterocycles. The summed E-state index contributed by atoms with van der Waals surface area (Å²) >= 11 is 0. The van der Waals surface area contributed by atoms with E-state index in [4.69, 9.17) is 4.74 Å². The zero-order valence-electron chi connectivity index (χ0n) is 14.1. The second-order valence-electron chi connectivity index (χ2n) is 5.72. The highest BCUT2D eigenvalue weighted by Crippen LogP contribution is 2.19. The van der Waals surface area contributed by atoms with E-state index in [1.807, 2.05) is 54.6 Å². The van der Waals surface area contributed by atoms with Crippen molar-refractivity contribution >= 4 is 10.0 Å². The second-order valence-corrected chi connectivity index (χ2v) is 7.64. The molecule has 0 unspecified atom stereocenters. The number of methoxy groups -OCH3 is 1. The van der Waals surface area contributed by atoms with Crippen molar-refractivity contribution in [2.24, 2.45) is 0 Å². The van der Waals surface area contributed by atoms with Crippen LogP contribution in [0.1, 0.15) is 24.0 Å². The molecule has 0 spiro atoms. The quantitative estimate of drug-likeness (QED) is 0.672. The second kappa shape index (κ2) is 9.45. The van der Waals surface area contributed by atoms with Gasteiger partial charge in [0, 0.05) is 6.54 Å². The molecule has 0 aliphatic rings. The SMILES string of the molecule is COc1ccccc1CCCCNS(=O)(=O)CCc1ccccc1. The van der Waals surface area contributed by atoms with Gasteiger partial charge in [0.1, 0.15) is 5.75 Å². The first kappa shape index (κ1) is 18.5. The summed E-state index contributed by atoms with van der Waals surface area (Å²) in [4.78, 5) is 0. The predicted molar refractivity (Wildman–Crippen MR) is 97.9 cm³/mol. The Hall–Kier alpha value is -1.85. The van der Waals surface area contributed by atoms with Crippen LogP contribution in [0.25, 0.3) is 0 Å². The summed E-state index contributed by atoms with van der Waals surface area (Å²) in [5.74, 6) is 1.02. The molecule has 0 aromatic heterocycles. The molecule has 4 nitrogen and oxygen atoms in total. The Morgan fingerprint density at radius 1 is 0.917 bits per heavy atom. The molecule has 5 heteroatoms. The molecule has 0 fully saturated rings. The van der Waals surface area contributed by atoms with Crippen molar-refractivity contribution in [3.05, 3.63) is 65.7 Å². The first-order valence-corrected chi connectivity index (χ1v) is 9.89. The summed E-state index contributed by atoms with van der Waals surface area (Å²) in [5.41, 5.74) is 2.20. The van der Waals surface area contributed by atoms with Gasteiger partial charge >= 0.3 is 0 Å². The average molecular weight is 347 g/mol. The minimum atomic E-state index is -3.21. The van der Waals surface area contributed by atoms with Crippen molar-refractivity contribution in [3.8, 4) is 5.75 Å². The van der Waals surface area contributed by atoms with Crippen molar-refractivity contribution in [2.75, 3.05) is 19.4 Å². The highest BCUT2D eigenvalue weighted by atomic mass is 32.2. The highest BCUT2D eigenvalue weighted by Gasteiger charge is 2.09. The topological polar surface area (TPSA) is 55.4 Å². The standard InChI is InChI=1S/C19H25NO3S/c1-23-19-13-6-5-11-18(19)12-7-8-15-20-24(21,22)16-14-17-9-3-2-4-10-17/h2-6,9-11,13,20H,7-8,12,14-16H2,1H3. The minimum absolute atomic E-state index is 0.128. The number of para-hydroxylation sites is 1. The summed E-state index contributed by atoms with van der Waals surface area (Å²) in [6, 6.07) is 17.6. The van der Waals surface area contributed by atoms with Gasteiger partial charge in [-0.1, -0.05) is 48.5 Å². The van der Waals surface area contributed by atoms with Crippen molar-refractivity contribution in [3.63, 3.8) is 0 Å². The number of nitrogens with one attached hydrogen (secondary N) is 1. The highest BCUT2D eigenvalue weighted by molar-refractivity contribution is 7.89. The number of unbranched alkanes of at least 4 members (excludes halogenated alkanes) is 1. The number of benzene rings is 2. The number of aryl methyl sites for hydroxylation is 2. The Morgan fingerprint density at radius 3 is 2.38 bits per heavy atom. The monoisotopic (exact) mass is 347 g/mol. The lowest BCUT2D eigenvalue weighted by Gasteiger charge is -2.09. The number of rotatable bonds is 10. The van der Waals surface area contributed by atoms with Gasteiger partial charge < -0.3 is 4.74 Å². The van der Waals surface area contributed by atoms with Gasteiger partial charge in [-0.15, -0.1) is 0 Å². The fourth-order valence-corrected chi connectivity index (χ4v) is 3.65. The van der Waals surface area contributed by atoms with Gasteiger partial charge in [-0.25, -0.2) is 13.1 Å². The van der Waals surface area contributed by atoms with Crippen molar-refractivity contribution < 1.29 is 13.2 Å². The molecular formula is C19H25NO3S. The number of hydrogen-bond acceptors (Lipinski definition) is 3. The van der Waals surface area contributed by atoms with Crippen LogP contribution in [0.4, 0.5) is 0 Å². The van der Waals surface area contributed by atoms with E-state index in [0.717, 1.165) is 36.1 Å². The molecule has 130 valence electrons. The summed E-state index contributed by atoms with van der Waals surface area (Å²) in [5, 5.41) is 0. The van der Waals surface area contributed by atoms with Crippen LogP contribution >= 0.6 is 0 Å². The first-order valence-electron chi connectivity index (χ1n) is 8.24. The van der Waals surface area contributed by atoms with Crippen LogP contribution < -0.4 is 9.46 Å². The lowest BCUT2D eigenvalue weighted by molar-refractivity contribution is 0.409. The molecule has 2 aromatic rings. The van der Waals surface area contributed by atoms with E-state index in [1.54, 1.807) is 7.11 Å². The molecule has 0 aliphatic heterocycles. The molecule has 0 atom stereocenters. The van der Waals surface area contributed by atoms with Gasteiger partial charge in [0.05, 0.1) is 12.9 Å². The fraction of sp³-hybridized carbons (Fsp3) is 0.368. The van der Waals surface area contributed by atoms with Crippen LogP contribution in [0.15, 0.2) is 54.6 Å². The predicted octanol–water partition coefficient (Wildman–Crippen LogP) is 3.18. The van der Waals surface area contributed by atoms with E-state index >= 15 is 0 Å². The maximum absolute atomic E-state index is 12.0. The molecule has 0 aliphatic carbocycles. The van der Waals surface area contributed by atoms with Gasteiger partial charge in [0.2, 0.25) is 10.0 Å². The fourth-order valence-electron chi connectivity index (χ4n) is 2.55. The van der Waals surface area contributed by atoms with E-state index in [1.165, 1.54) is 0 Å². The van der Waals surface area contributed by atoms with Crippen LogP contribution in [0, 0.1) is 0 Å². The maximum atomic E-state index is 12.0. The Bertz CT molecular complexity index is 714. The average Bonchev–Trinajstić information content (AvgIpc) is 2.61. The molecule has 2 rings (SSSR count).